The molecule has 3 rings (SSSR count). The van der Waals surface area contributed by atoms with E-state index in [1.165, 1.54) is 10.9 Å². The minimum absolute atomic E-state index is 0.0281. The fraction of sp³-hybridized carbons (Fsp3) is 0.571. The zero-order chi connectivity index (χ0) is 18.3. The number of nitrogens with two attached hydrogens (primary N) is 1. The summed E-state index contributed by atoms with van der Waals surface area (Å²) in [4.78, 5) is 34.3. The second-order valence-corrected chi connectivity index (χ2v) is 6.12. The number of nitrogens with zero attached hydrogens (tertiary/aromatic N) is 3. The van der Waals surface area contributed by atoms with Gasteiger partial charge in [0.25, 0.3) is 5.56 Å². The molecule has 11 heteroatoms. The van der Waals surface area contributed by atoms with Gasteiger partial charge >= 0.3 is 0 Å². The third-order valence-electron chi connectivity index (χ3n) is 4.00. The van der Waals surface area contributed by atoms with Crippen LogP contribution in [-0.2, 0) is 9.53 Å². The van der Waals surface area contributed by atoms with Crippen molar-refractivity contribution in [1.82, 2.24) is 19.5 Å². The number of carbonyl (C=O) groups is 1. The molecule has 0 spiro atoms. The molecule has 1 amide bonds. The van der Waals surface area contributed by atoms with Gasteiger partial charge in [-0.05, 0) is 0 Å². The monoisotopic (exact) mass is 354 g/mol. The number of ether oxygens (including phenoxy) is 1. The molecule has 10 nitrogen and oxygen atoms in total. The summed E-state index contributed by atoms with van der Waals surface area (Å²) in [6.07, 6.45) is -4.06. The molecule has 25 heavy (non-hydrogen) atoms. The first-order valence-corrected chi connectivity index (χ1v) is 7.78. The molecule has 1 fully saturated rings. The first-order valence-electron chi connectivity index (χ1n) is 7.78. The third kappa shape index (κ3) is 3.01. The lowest BCUT2D eigenvalue weighted by atomic mass is 10.1. The van der Waals surface area contributed by atoms with Gasteiger partial charge in [-0.25, -0.2) is 9.37 Å². The van der Waals surface area contributed by atoms with E-state index in [2.05, 4.69) is 20.3 Å². The number of H-pyrrole nitrogens is 1. The van der Waals surface area contributed by atoms with Crippen LogP contribution >= 0.6 is 0 Å². The van der Waals surface area contributed by atoms with Gasteiger partial charge in [-0.3, -0.25) is 24.5 Å². The molecule has 0 aromatic carbocycles. The van der Waals surface area contributed by atoms with Crippen LogP contribution < -0.4 is 16.6 Å². The maximum atomic E-state index is 14.4. The molecule has 0 radical (unpaired) electrons. The molecule has 1 aliphatic heterocycles. The van der Waals surface area contributed by atoms with Gasteiger partial charge in [0.15, 0.2) is 23.6 Å². The molecule has 4 atom stereocenters. The molecule has 1 saturated heterocycles. The lowest BCUT2D eigenvalue weighted by Gasteiger charge is -2.15. The number of carbonyl (C=O) groups excluding carboxylic acids is 1. The van der Waals surface area contributed by atoms with Gasteiger partial charge in [0.2, 0.25) is 11.9 Å². The Labute approximate surface area is 141 Å². The largest absolute Gasteiger partial charge is 0.387 e. The van der Waals surface area contributed by atoms with E-state index in [4.69, 9.17) is 10.5 Å². The van der Waals surface area contributed by atoms with E-state index in [9.17, 15) is 19.1 Å². The molecule has 1 aliphatic rings. The molecule has 0 bridgehead atoms. The number of aromatic amines is 1. The highest BCUT2D eigenvalue weighted by molar-refractivity contribution is 5.91. The number of hydrogen-bond donors (Lipinski definition) is 4. The van der Waals surface area contributed by atoms with Crippen molar-refractivity contribution in [3.05, 3.63) is 16.7 Å². The normalized spacial score (nSPS) is 26.5. The predicted octanol–water partition coefficient (Wildman–Crippen LogP) is -0.731. The van der Waals surface area contributed by atoms with Crippen molar-refractivity contribution in [2.45, 2.75) is 38.5 Å². The molecule has 2 aromatic heterocycles. The van der Waals surface area contributed by atoms with Crippen LogP contribution in [0.2, 0.25) is 0 Å². The Morgan fingerprint density at radius 3 is 2.92 bits per heavy atom. The van der Waals surface area contributed by atoms with Crippen LogP contribution in [0.1, 0.15) is 20.1 Å². The summed E-state index contributed by atoms with van der Waals surface area (Å²) in [6.45, 7) is 3.31. The average molecular weight is 354 g/mol. The van der Waals surface area contributed by atoms with E-state index < -0.39 is 30.2 Å². The number of aliphatic hydroxyl groups excluding tert-OH is 1. The number of fused-ring (bicyclic) bond motifs is 1. The second kappa shape index (κ2) is 6.50. The Kier molecular flexibility index (Phi) is 4.54. The molecule has 2 unspecified atom stereocenters. The standard InChI is InChI=1S/C14H19FN6O4/c1-5(2)11(23)19-14-18-10-8(12(24)20-14)17-4-21(10)13-7(15)9(22)6(3-16)25-13/h4-7,9,13,22H,3,16H2,1-2H3,(H2,18,19,20,23,24)/t6-,7?,9?,13-/m1/s1. The topological polar surface area (TPSA) is 148 Å². The number of hydrogen-bond acceptors (Lipinski definition) is 7. The highest BCUT2D eigenvalue weighted by Crippen LogP contribution is 2.32. The van der Waals surface area contributed by atoms with Gasteiger partial charge in [0.1, 0.15) is 12.2 Å². The Morgan fingerprint density at radius 2 is 2.32 bits per heavy atom. The quantitative estimate of drug-likeness (QED) is 0.565. The summed E-state index contributed by atoms with van der Waals surface area (Å²) in [5, 5.41) is 12.3. The van der Waals surface area contributed by atoms with Crippen molar-refractivity contribution in [3.8, 4) is 0 Å². The van der Waals surface area contributed by atoms with E-state index in [-0.39, 0.29) is 35.5 Å². The van der Waals surface area contributed by atoms with Crippen LogP contribution in [0.25, 0.3) is 11.2 Å². The third-order valence-corrected chi connectivity index (χ3v) is 4.00. The summed E-state index contributed by atoms with van der Waals surface area (Å²) >= 11 is 0. The van der Waals surface area contributed by atoms with Gasteiger partial charge in [0, 0.05) is 12.5 Å². The highest BCUT2D eigenvalue weighted by atomic mass is 19.1. The van der Waals surface area contributed by atoms with Crippen molar-refractivity contribution >= 4 is 23.0 Å². The Morgan fingerprint density at radius 1 is 1.60 bits per heavy atom. The minimum atomic E-state index is -1.76. The van der Waals surface area contributed by atoms with Gasteiger partial charge in [-0.2, -0.15) is 4.98 Å². The van der Waals surface area contributed by atoms with Crippen molar-refractivity contribution in [3.63, 3.8) is 0 Å². The number of rotatable bonds is 4. The Hall–Kier alpha value is -2.37. The van der Waals surface area contributed by atoms with Gasteiger partial charge in [-0.15, -0.1) is 0 Å². The summed E-state index contributed by atoms with van der Waals surface area (Å²) in [5.41, 5.74) is 4.85. The number of halogens is 1. The smallest absolute Gasteiger partial charge is 0.280 e. The maximum absolute atomic E-state index is 14.4. The molecule has 3 heterocycles. The maximum Gasteiger partial charge on any atom is 0.280 e. The van der Waals surface area contributed by atoms with E-state index in [0.717, 1.165) is 0 Å². The summed E-state index contributed by atoms with van der Waals surface area (Å²) in [5.74, 6) is -0.741. The SMILES string of the molecule is CC(C)C(=O)Nc1nc2c(ncn2[C@@H]2O[C@H](CN)C(O)C2F)c(=O)[nH]1. The van der Waals surface area contributed by atoms with Gasteiger partial charge in [-0.1, -0.05) is 13.8 Å². The van der Waals surface area contributed by atoms with Gasteiger partial charge in [0.05, 0.1) is 6.33 Å². The molecular formula is C14H19FN6O4. The van der Waals surface area contributed by atoms with Gasteiger partial charge < -0.3 is 15.6 Å². The summed E-state index contributed by atoms with van der Waals surface area (Å²) < 4.78 is 21.0. The number of nitrogens with one attached hydrogen (secondary N) is 2. The van der Waals surface area contributed by atoms with E-state index in [1.807, 2.05) is 0 Å². The van der Waals surface area contributed by atoms with Crippen LogP contribution in [0.3, 0.4) is 0 Å². The lowest BCUT2D eigenvalue weighted by molar-refractivity contribution is -0.118. The lowest BCUT2D eigenvalue weighted by Crippen LogP contribution is -2.33. The van der Waals surface area contributed by atoms with Crippen LogP contribution in [0, 0.1) is 5.92 Å². The van der Waals surface area contributed by atoms with Crippen molar-refractivity contribution < 1.29 is 19.0 Å². The summed E-state index contributed by atoms with van der Waals surface area (Å²) in [7, 11) is 0. The Balaban J connectivity index is 2.01. The number of aliphatic hydroxyl groups is 1. The number of anilines is 1. The number of alkyl halides is 1. The molecule has 0 saturated carbocycles. The molecule has 136 valence electrons. The minimum Gasteiger partial charge on any atom is -0.387 e. The number of aromatic nitrogens is 4. The second-order valence-electron chi connectivity index (χ2n) is 6.12. The zero-order valence-corrected chi connectivity index (χ0v) is 13.6. The number of imidazole rings is 1. The van der Waals surface area contributed by atoms with E-state index >= 15 is 0 Å². The van der Waals surface area contributed by atoms with Crippen LogP contribution in [0.4, 0.5) is 10.3 Å². The summed E-state index contributed by atoms with van der Waals surface area (Å²) in [6, 6.07) is 0. The van der Waals surface area contributed by atoms with E-state index in [0.29, 0.717) is 0 Å². The van der Waals surface area contributed by atoms with Crippen molar-refractivity contribution in [2.24, 2.45) is 11.7 Å². The first-order chi connectivity index (χ1) is 11.8. The van der Waals surface area contributed by atoms with Crippen LogP contribution in [0.5, 0.6) is 0 Å². The zero-order valence-electron chi connectivity index (χ0n) is 13.6. The van der Waals surface area contributed by atoms with Crippen molar-refractivity contribution in [2.75, 3.05) is 11.9 Å². The van der Waals surface area contributed by atoms with Crippen LogP contribution in [0.15, 0.2) is 11.1 Å². The average Bonchev–Trinajstić information content (AvgIpc) is 3.10. The fourth-order valence-corrected chi connectivity index (χ4v) is 2.55. The first kappa shape index (κ1) is 17.5. The van der Waals surface area contributed by atoms with Crippen molar-refractivity contribution in [1.29, 1.82) is 0 Å². The number of amides is 1. The molecule has 5 N–H and O–H groups in total. The molecule has 0 aliphatic carbocycles. The molecular weight excluding hydrogens is 335 g/mol. The highest BCUT2D eigenvalue weighted by Gasteiger charge is 2.45. The van der Waals surface area contributed by atoms with Crippen LogP contribution in [-0.4, -0.2) is 55.5 Å². The fourth-order valence-electron chi connectivity index (χ4n) is 2.55. The predicted molar refractivity (Wildman–Crippen MR) is 85.5 cm³/mol. The molecule has 2 aromatic rings. The Bertz CT molecular complexity index is 849. The van der Waals surface area contributed by atoms with E-state index in [1.54, 1.807) is 13.8 Å².